The second kappa shape index (κ2) is 9.92. The molecule has 3 aromatic rings. The van der Waals surface area contributed by atoms with Crippen LogP contribution in [0.2, 0.25) is 0 Å². The van der Waals surface area contributed by atoms with Crippen molar-refractivity contribution in [1.29, 1.82) is 0 Å². The first kappa shape index (κ1) is 20.6. The molecule has 1 aliphatic rings. The van der Waals surface area contributed by atoms with Crippen molar-refractivity contribution in [1.82, 2.24) is 9.55 Å². The Morgan fingerprint density at radius 3 is 2.60 bits per heavy atom. The molecule has 1 aromatic heterocycles. The van der Waals surface area contributed by atoms with Gasteiger partial charge in [-0.15, -0.1) is 0 Å². The fourth-order valence-corrected chi connectivity index (χ4v) is 4.66. The Kier molecular flexibility index (Phi) is 6.83. The summed E-state index contributed by atoms with van der Waals surface area (Å²) >= 11 is 0. The quantitative estimate of drug-likeness (QED) is 0.466. The molecule has 158 valence electrons. The molecule has 0 atom stereocenters. The van der Waals surface area contributed by atoms with Crippen molar-refractivity contribution in [3.05, 3.63) is 59.9 Å². The molecule has 1 saturated carbocycles. The first-order valence-corrected chi connectivity index (χ1v) is 11.6. The molecule has 30 heavy (non-hydrogen) atoms. The average molecular weight is 404 g/mol. The van der Waals surface area contributed by atoms with Crippen LogP contribution in [0.3, 0.4) is 0 Å². The third kappa shape index (κ3) is 5.10. The number of aromatic nitrogens is 2. The molecular formula is C26H33N3O. The zero-order chi connectivity index (χ0) is 20.8. The number of fused-ring (bicyclic) bond motifs is 1. The number of nitrogens with zero attached hydrogens (tertiary/aromatic N) is 2. The van der Waals surface area contributed by atoms with E-state index in [1.165, 1.54) is 36.8 Å². The highest BCUT2D eigenvalue weighted by molar-refractivity contribution is 5.90. The minimum Gasteiger partial charge on any atom is -0.328 e. The Balaban J connectivity index is 1.32. The van der Waals surface area contributed by atoms with Crippen LogP contribution in [0.5, 0.6) is 0 Å². The lowest BCUT2D eigenvalue weighted by Gasteiger charge is -2.10. The molecule has 0 spiro atoms. The normalized spacial score (nSPS) is 14.4. The second-order valence-electron chi connectivity index (χ2n) is 8.60. The highest BCUT2D eigenvalue weighted by atomic mass is 16.1. The smallest absolute Gasteiger partial charge is 0.224 e. The van der Waals surface area contributed by atoms with Gasteiger partial charge in [-0.05, 0) is 55.0 Å². The van der Waals surface area contributed by atoms with Gasteiger partial charge in [-0.1, -0.05) is 56.9 Å². The molecule has 0 bridgehead atoms. The zero-order valence-corrected chi connectivity index (χ0v) is 18.1. The summed E-state index contributed by atoms with van der Waals surface area (Å²) in [5.41, 5.74) is 4.48. The summed E-state index contributed by atoms with van der Waals surface area (Å²) in [4.78, 5) is 17.1. The fraction of sp³-hybridized carbons (Fsp3) is 0.462. The second-order valence-corrected chi connectivity index (χ2v) is 8.60. The number of anilines is 1. The number of nitrogens with one attached hydrogen (secondary N) is 1. The van der Waals surface area contributed by atoms with Crippen molar-refractivity contribution in [2.24, 2.45) is 5.92 Å². The van der Waals surface area contributed by atoms with Crippen LogP contribution in [-0.4, -0.2) is 15.5 Å². The molecule has 2 aromatic carbocycles. The Morgan fingerprint density at radius 1 is 1.07 bits per heavy atom. The van der Waals surface area contributed by atoms with E-state index in [2.05, 4.69) is 53.2 Å². The van der Waals surface area contributed by atoms with Gasteiger partial charge in [0, 0.05) is 25.1 Å². The first-order chi connectivity index (χ1) is 14.7. The van der Waals surface area contributed by atoms with Crippen LogP contribution in [0.15, 0.2) is 48.5 Å². The number of rotatable bonds is 9. The number of aryl methyl sites for hydroxylation is 3. The number of imidazole rings is 1. The van der Waals surface area contributed by atoms with Gasteiger partial charge in [-0.25, -0.2) is 4.98 Å². The van der Waals surface area contributed by atoms with Gasteiger partial charge in [-0.3, -0.25) is 4.79 Å². The Labute approximate surface area is 179 Å². The van der Waals surface area contributed by atoms with Crippen LogP contribution in [0.25, 0.3) is 11.0 Å². The topological polar surface area (TPSA) is 46.9 Å². The largest absolute Gasteiger partial charge is 0.328 e. The number of carbonyl (C=O) groups excluding carboxylic acids is 1. The van der Waals surface area contributed by atoms with Crippen molar-refractivity contribution in [2.45, 2.75) is 71.3 Å². The molecule has 1 N–H and O–H groups in total. The Morgan fingerprint density at radius 2 is 1.83 bits per heavy atom. The van der Waals surface area contributed by atoms with Crippen LogP contribution in [0.1, 0.15) is 63.3 Å². The molecular weight excluding hydrogens is 370 g/mol. The van der Waals surface area contributed by atoms with E-state index in [0.717, 1.165) is 55.2 Å². The van der Waals surface area contributed by atoms with Crippen molar-refractivity contribution in [2.75, 3.05) is 5.32 Å². The molecule has 4 rings (SSSR count). The lowest BCUT2D eigenvalue weighted by atomic mass is 10.0. The fourth-order valence-electron chi connectivity index (χ4n) is 4.66. The van der Waals surface area contributed by atoms with Crippen molar-refractivity contribution in [3.8, 4) is 0 Å². The van der Waals surface area contributed by atoms with Crippen LogP contribution in [-0.2, 0) is 24.2 Å². The molecule has 0 radical (unpaired) electrons. The molecule has 0 saturated heterocycles. The molecule has 1 aliphatic carbocycles. The summed E-state index contributed by atoms with van der Waals surface area (Å²) in [5, 5.41) is 3.06. The van der Waals surface area contributed by atoms with Crippen LogP contribution in [0, 0.1) is 5.92 Å². The van der Waals surface area contributed by atoms with Gasteiger partial charge in [0.25, 0.3) is 0 Å². The molecule has 1 fully saturated rings. The van der Waals surface area contributed by atoms with E-state index in [9.17, 15) is 4.79 Å². The summed E-state index contributed by atoms with van der Waals surface area (Å²) in [7, 11) is 0. The molecule has 1 amide bonds. The molecule has 4 heteroatoms. The highest BCUT2D eigenvalue weighted by Crippen LogP contribution is 2.28. The number of amides is 1. The van der Waals surface area contributed by atoms with Crippen molar-refractivity contribution < 1.29 is 4.79 Å². The average Bonchev–Trinajstić information content (AvgIpc) is 3.40. The molecule has 0 aliphatic heterocycles. The van der Waals surface area contributed by atoms with Gasteiger partial charge in [0.2, 0.25) is 5.91 Å². The summed E-state index contributed by atoms with van der Waals surface area (Å²) in [6.45, 7) is 3.21. The van der Waals surface area contributed by atoms with E-state index in [4.69, 9.17) is 4.98 Å². The maximum atomic E-state index is 12.2. The summed E-state index contributed by atoms with van der Waals surface area (Å²) < 4.78 is 2.36. The van der Waals surface area contributed by atoms with Crippen LogP contribution in [0.4, 0.5) is 5.69 Å². The van der Waals surface area contributed by atoms with Gasteiger partial charge >= 0.3 is 0 Å². The monoisotopic (exact) mass is 403 g/mol. The van der Waals surface area contributed by atoms with E-state index >= 15 is 0 Å². The maximum Gasteiger partial charge on any atom is 0.224 e. The number of para-hydroxylation sites is 2. The lowest BCUT2D eigenvalue weighted by molar-refractivity contribution is -0.116. The van der Waals surface area contributed by atoms with Gasteiger partial charge in [0.15, 0.2) is 0 Å². The summed E-state index contributed by atoms with van der Waals surface area (Å²) in [6, 6.07) is 16.7. The SMILES string of the molecule is CCCn1c(CCc2ccc(NC(=O)CCC3CCCC3)cc2)nc2ccccc21. The van der Waals surface area contributed by atoms with E-state index in [0.29, 0.717) is 6.42 Å². The third-order valence-electron chi connectivity index (χ3n) is 6.31. The van der Waals surface area contributed by atoms with Gasteiger partial charge < -0.3 is 9.88 Å². The van der Waals surface area contributed by atoms with Crippen LogP contribution >= 0.6 is 0 Å². The van der Waals surface area contributed by atoms with Crippen molar-refractivity contribution >= 4 is 22.6 Å². The molecule has 4 nitrogen and oxygen atoms in total. The van der Waals surface area contributed by atoms with Gasteiger partial charge in [0.05, 0.1) is 11.0 Å². The standard InChI is InChI=1S/C26H33N3O/c1-2-19-29-24-10-6-5-9-23(24)28-25(29)17-13-21-11-15-22(16-12-21)27-26(30)18-14-20-7-3-4-8-20/h5-6,9-12,15-16,20H,2-4,7-8,13-14,17-19H2,1H3,(H,27,30). The maximum absolute atomic E-state index is 12.2. The molecule has 0 unspecified atom stereocenters. The van der Waals surface area contributed by atoms with E-state index < -0.39 is 0 Å². The zero-order valence-electron chi connectivity index (χ0n) is 18.1. The van der Waals surface area contributed by atoms with Gasteiger partial charge in [0.1, 0.15) is 5.82 Å². The first-order valence-electron chi connectivity index (χ1n) is 11.6. The van der Waals surface area contributed by atoms with E-state index in [1.807, 2.05) is 12.1 Å². The third-order valence-corrected chi connectivity index (χ3v) is 6.31. The number of benzene rings is 2. The van der Waals surface area contributed by atoms with E-state index in [1.54, 1.807) is 0 Å². The number of hydrogen-bond donors (Lipinski definition) is 1. The predicted octanol–water partition coefficient (Wildman–Crippen LogP) is 6.14. The number of hydrogen-bond acceptors (Lipinski definition) is 2. The lowest BCUT2D eigenvalue weighted by Crippen LogP contribution is -2.12. The van der Waals surface area contributed by atoms with Gasteiger partial charge in [-0.2, -0.15) is 0 Å². The highest BCUT2D eigenvalue weighted by Gasteiger charge is 2.16. The van der Waals surface area contributed by atoms with E-state index in [-0.39, 0.29) is 5.91 Å². The minimum atomic E-state index is 0.142. The van der Waals surface area contributed by atoms with Crippen LogP contribution < -0.4 is 5.32 Å². The summed E-state index contributed by atoms with van der Waals surface area (Å²) in [6.07, 6.45) is 9.91. The molecule has 1 heterocycles. The number of carbonyl (C=O) groups is 1. The minimum absolute atomic E-state index is 0.142. The van der Waals surface area contributed by atoms with Crippen molar-refractivity contribution in [3.63, 3.8) is 0 Å². The Bertz CT molecular complexity index is 968. The Hall–Kier alpha value is -2.62. The predicted molar refractivity (Wildman–Crippen MR) is 124 cm³/mol. The summed E-state index contributed by atoms with van der Waals surface area (Å²) in [5.74, 6) is 2.06.